The van der Waals surface area contributed by atoms with E-state index < -0.39 is 0 Å². The zero-order valence-electron chi connectivity index (χ0n) is 81.9. The molecule has 0 N–H and O–H groups in total. The van der Waals surface area contributed by atoms with Crippen molar-refractivity contribution < 1.29 is 0 Å². The molecule has 0 radical (unpaired) electrons. The van der Waals surface area contributed by atoms with Crippen LogP contribution in [0.15, 0.2) is 492 Å². The predicted molar refractivity (Wildman–Crippen MR) is 593 cm³/mol. The molecular formula is C128H108N16. The Balaban J connectivity index is 0.000000114. The SMILES string of the molecule is Cc1ccc(-n2c3ccccc3c3ccccc32)cc1.Cc1cccc(-n2c3ccccc3c3ccccc32)c1.Cc1ccccc1-n1c2ccccc2c2ccccc21.Cc1cnccn1.Cc1nc(-c2ccccc2)cc(-c2ccc(-c3ccccc3)cc2)n1.Cc1nc(-c2ccccc2)cc(-c2ccccc2)n1.Cc1nc(-c2ccccc2)nc(-c2ccccc2)n1.Cc1ncccn1.Cc1ncccn1. The number of aryl methyl sites for hydroxylation is 9. The van der Waals surface area contributed by atoms with Crippen LogP contribution < -0.4 is 0 Å². The maximum Gasteiger partial charge on any atom is 0.163 e. The van der Waals surface area contributed by atoms with E-state index in [-0.39, 0.29) is 0 Å². The highest BCUT2D eigenvalue weighted by atomic mass is 15.0. The van der Waals surface area contributed by atoms with Crippen LogP contribution in [-0.2, 0) is 0 Å². The van der Waals surface area contributed by atoms with Gasteiger partial charge in [0.2, 0.25) is 0 Å². The lowest BCUT2D eigenvalue weighted by atomic mass is 10.0. The van der Waals surface area contributed by atoms with Gasteiger partial charge in [-0.2, -0.15) is 0 Å². The van der Waals surface area contributed by atoms with Gasteiger partial charge in [-0.05, 0) is 176 Å². The van der Waals surface area contributed by atoms with E-state index in [1.54, 1.807) is 55.5 Å². The molecule has 0 fully saturated rings. The minimum Gasteiger partial charge on any atom is -0.309 e. The monoisotopic (exact) mass is 1870 g/mol. The maximum absolute atomic E-state index is 4.62. The molecule has 0 saturated carbocycles. The van der Waals surface area contributed by atoms with Gasteiger partial charge in [0.1, 0.15) is 29.1 Å². The lowest BCUT2D eigenvalue weighted by molar-refractivity contribution is 0.992. The normalized spacial score (nSPS) is 10.5. The van der Waals surface area contributed by atoms with Crippen LogP contribution in [0.4, 0.5) is 0 Å². The lowest BCUT2D eigenvalue weighted by Crippen LogP contribution is -1.99. The third-order valence-electron chi connectivity index (χ3n) is 23.7. The summed E-state index contributed by atoms with van der Waals surface area (Å²) in [6.45, 7) is 17.8. The van der Waals surface area contributed by atoms with Gasteiger partial charge in [0.05, 0.1) is 61.6 Å². The van der Waals surface area contributed by atoms with E-state index >= 15 is 0 Å². The van der Waals surface area contributed by atoms with Crippen LogP contribution in [0.5, 0.6) is 0 Å². The van der Waals surface area contributed by atoms with E-state index in [1.165, 1.54) is 110 Å². The van der Waals surface area contributed by atoms with E-state index in [2.05, 4.69) is 409 Å². The molecule has 0 aliphatic carbocycles. The van der Waals surface area contributed by atoms with Crippen LogP contribution in [-0.4, -0.2) is 78.5 Å². The van der Waals surface area contributed by atoms with Gasteiger partial charge < -0.3 is 13.7 Å². The highest BCUT2D eigenvalue weighted by molar-refractivity contribution is 6.11. The predicted octanol–water partition coefficient (Wildman–Crippen LogP) is 31.1. The number of rotatable bonds is 10. The van der Waals surface area contributed by atoms with Crippen molar-refractivity contribution in [2.75, 3.05) is 0 Å². The largest absolute Gasteiger partial charge is 0.309 e. The van der Waals surface area contributed by atoms with Crippen molar-refractivity contribution in [3.05, 3.63) is 544 Å². The van der Waals surface area contributed by atoms with Crippen LogP contribution in [0.25, 0.3) is 161 Å². The summed E-state index contributed by atoms with van der Waals surface area (Å²) in [5, 5.41) is 7.86. The average molecular weight is 1870 g/mol. The topological polar surface area (TPSA) is 182 Å². The van der Waals surface area contributed by atoms with Gasteiger partial charge in [0.15, 0.2) is 11.6 Å². The fourth-order valence-corrected chi connectivity index (χ4v) is 16.9. The van der Waals surface area contributed by atoms with Crippen molar-refractivity contribution in [3.8, 4) is 96.0 Å². The molecule has 144 heavy (non-hydrogen) atoms. The Morgan fingerprint density at radius 2 is 0.486 bits per heavy atom. The Morgan fingerprint density at radius 1 is 0.181 bits per heavy atom. The molecule has 0 bridgehead atoms. The Labute approximate surface area is 840 Å². The summed E-state index contributed by atoms with van der Waals surface area (Å²) in [6, 6.07) is 155. The van der Waals surface area contributed by atoms with E-state index in [1.807, 2.05) is 169 Å². The third-order valence-corrected chi connectivity index (χ3v) is 23.7. The maximum atomic E-state index is 4.62. The molecule has 700 valence electrons. The van der Waals surface area contributed by atoms with Crippen molar-refractivity contribution >= 4 is 65.4 Å². The molecule has 0 amide bonds. The Kier molecular flexibility index (Phi) is 32.4. The lowest BCUT2D eigenvalue weighted by Gasteiger charge is -2.10. The van der Waals surface area contributed by atoms with Crippen LogP contribution in [0.3, 0.4) is 0 Å². The van der Waals surface area contributed by atoms with Crippen molar-refractivity contribution in [1.29, 1.82) is 0 Å². The van der Waals surface area contributed by atoms with Crippen LogP contribution in [0, 0.1) is 62.3 Å². The van der Waals surface area contributed by atoms with Crippen LogP contribution in [0.2, 0.25) is 0 Å². The molecule has 25 aromatic rings. The molecule has 9 heterocycles. The second-order valence-corrected chi connectivity index (χ2v) is 34.2. The van der Waals surface area contributed by atoms with Gasteiger partial charge in [-0.15, -0.1) is 0 Å². The summed E-state index contributed by atoms with van der Waals surface area (Å²) in [5.41, 5.74) is 28.8. The molecule has 0 unspecified atom stereocenters. The molecule has 9 aromatic heterocycles. The van der Waals surface area contributed by atoms with Gasteiger partial charge in [-0.1, -0.05) is 363 Å². The quantitative estimate of drug-likeness (QED) is 0.126. The molecule has 16 nitrogen and oxygen atoms in total. The Bertz CT molecular complexity index is 7940. The number of aromatic nitrogens is 16. The van der Waals surface area contributed by atoms with Crippen molar-refractivity contribution in [1.82, 2.24) is 78.5 Å². The first-order valence-corrected chi connectivity index (χ1v) is 47.9. The highest BCUT2D eigenvalue weighted by Crippen LogP contribution is 2.37. The van der Waals surface area contributed by atoms with Crippen molar-refractivity contribution in [3.63, 3.8) is 0 Å². The minimum atomic E-state index is 0.715. The number of hydrogen-bond acceptors (Lipinski definition) is 13. The summed E-state index contributed by atoms with van der Waals surface area (Å²) in [6.07, 6.45) is 12.0. The second-order valence-electron chi connectivity index (χ2n) is 34.2. The van der Waals surface area contributed by atoms with Gasteiger partial charge in [0.25, 0.3) is 0 Å². The minimum absolute atomic E-state index is 0.715. The molecular weight excluding hydrogens is 1760 g/mol. The van der Waals surface area contributed by atoms with Gasteiger partial charge in [-0.3, -0.25) is 9.97 Å². The number of benzene rings is 16. The smallest absolute Gasteiger partial charge is 0.163 e. The zero-order valence-corrected chi connectivity index (χ0v) is 81.9. The first-order chi connectivity index (χ1) is 70.7. The van der Waals surface area contributed by atoms with E-state index in [4.69, 9.17) is 0 Å². The molecule has 0 spiro atoms. The molecule has 16 aromatic carbocycles. The first-order valence-electron chi connectivity index (χ1n) is 47.9. The summed E-state index contributed by atoms with van der Waals surface area (Å²) in [4.78, 5) is 54.8. The number of fused-ring (bicyclic) bond motifs is 9. The van der Waals surface area contributed by atoms with E-state index in [0.29, 0.717) is 11.6 Å². The fourth-order valence-electron chi connectivity index (χ4n) is 16.9. The summed E-state index contributed by atoms with van der Waals surface area (Å²) >= 11 is 0. The Hall–Kier alpha value is -18.7. The molecule has 0 atom stereocenters. The van der Waals surface area contributed by atoms with Gasteiger partial charge in [0, 0.05) is 126 Å². The first kappa shape index (κ1) is 97.0. The second kappa shape index (κ2) is 48.1. The van der Waals surface area contributed by atoms with E-state index in [0.717, 1.165) is 91.0 Å². The molecule has 0 aliphatic heterocycles. The number of hydrogen-bond donors (Lipinski definition) is 0. The molecule has 0 aliphatic rings. The summed E-state index contributed by atoms with van der Waals surface area (Å²) in [5.74, 6) is 5.38. The fraction of sp³-hybridized carbons (Fsp3) is 0.0703. The molecule has 25 rings (SSSR count). The Morgan fingerprint density at radius 3 is 0.819 bits per heavy atom. The molecule has 16 heteroatoms. The van der Waals surface area contributed by atoms with Gasteiger partial charge >= 0.3 is 0 Å². The van der Waals surface area contributed by atoms with E-state index in [9.17, 15) is 0 Å². The van der Waals surface area contributed by atoms with Crippen molar-refractivity contribution in [2.45, 2.75) is 62.3 Å². The van der Waals surface area contributed by atoms with Crippen molar-refractivity contribution in [2.24, 2.45) is 0 Å². The molecule has 0 saturated heterocycles. The van der Waals surface area contributed by atoms with Crippen LogP contribution >= 0.6 is 0 Å². The average Bonchev–Trinajstić information content (AvgIpc) is 1.61. The number of para-hydroxylation sites is 7. The van der Waals surface area contributed by atoms with Gasteiger partial charge in [-0.25, -0.2) is 54.8 Å². The summed E-state index contributed by atoms with van der Waals surface area (Å²) < 4.78 is 7.04. The zero-order chi connectivity index (χ0) is 99.1. The highest BCUT2D eigenvalue weighted by Gasteiger charge is 2.17. The third kappa shape index (κ3) is 24.9. The number of nitrogens with zero attached hydrogens (tertiary/aromatic N) is 16. The summed E-state index contributed by atoms with van der Waals surface area (Å²) in [7, 11) is 0. The standard InChI is InChI=1S/C23H18N2.3C19H15N.C17H14N2.C16H13N3.3C5H6N2/c1-17-24-22(20-10-6-3-7-11-20)16-23(25-17)21-14-12-19(13-15-21)18-8-4-2-5-9-18;1-14-8-2-5-11-17(14)20-18-12-6-3-9-15(18)16-10-4-7-13-19(16)20;1-14-7-6-8-15(13-14)20-18-11-4-2-9-16(18)17-10-3-5-12-19(17)20;1-14-10-12-15(13-11-14)20-18-8-4-2-6-16(18)17-7-3-5-9-19(17)20;1-13-18-16(14-8-4-2-5-9-14)12-17(19-13)15-10-6-3-7-11-15;1-12-17-15(13-8-4-2-5-9-13)19-16(18-12)14-10-6-3-7-11-14;1-5-4-6-2-3-7-5;2*1-5-6-3-2-4-7-5/h2-16H,1H3;3*2-13H,1H3;2-12H,1H3;2-11H,1H3;3*2-4H,1H3. The van der Waals surface area contributed by atoms with Crippen LogP contribution in [0.1, 0.15) is 51.5 Å².